The Morgan fingerprint density at radius 1 is 1.35 bits per heavy atom. The highest BCUT2D eigenvalue weighted by molar-refractivity contribution is 5.35. The van der Waals surface area contributed by atoms with Crippen LogP contribution in [0.3, 0.4) is 0 Å². The summed E-state index contributed by atoms with van der Waals surface area (Å²) >= 11 is 0. The van der Waals surface area contributed by atoms with E-state index in [2.05, 4.69) is 50.4 Å². The monoisotopic (exact) mass is 230 g/mol. The van der Waals surface area contributed by atoms with Crippen molar-refractivity contribution < 1.29 is 0 Å². The molecule has 1 unspecified atom stereocenters. The van der Waals surface area contributed by atoms with E-state index in [0.29, 0.717) is 12.3 Å². The maximum atomic E-state index is 8.69. The molecule has 0 saturated heterocycles. The van der Waals surface area contributed by atoms with E-state index < -0.39 is 0 Å². The minimum atomic E-state index is 0.286. The molecule has 0 bridgehead atoms. The van der Waals surface area contributed by atoms with Crippen molar-refractivity contribution in [3.05, 3.63) is 34.9 Å². The van der Waals surface area contributed by atoms with E-state index in [4.69, 9.17) is 5.26 Å². The van der Waals surface area contributed by atoms with E-state index in [1.807, 2.05) is 7.05 Å². The Morgan fingerprint density at radius 2 is 2.06 bits per heavy atom. The molecule has 2 nitrogen and oxygen atoms in total. The lowest BCUT2D eigenvalue weighted by molar-refractivity contribution is 0.553. The molecule has 17 heavy (non-hydrogen) atoms. The van der Waals surface area contributed by atoms with Crippen LogP contribution in [-0.2, 0) is 0 Å². The molecule has 0 aliphatic carbocycles. The average Bonchev–Trinajstić information content (AvgIpc) is 2.31. The molecule has 0 aliphatic rings. The van der Waals surface area contributed by atoms with Gasteiger partial charge in [0.05, 0.1) is 6.07 Å². The minimum absolute atomic E-state index is 0.286. The van der Waals surface area contributed by atoms with Gasteiger partial charge in [0.25, 0.3) is 0 Å². The summed E-state index contributed by atoms with van der Waals surface area (Å²) in [5, 5.41) is 12.0. The van der Waals surface area contributed by atoms with E-state index in [1.165, 1.54) is 16.7 Å². The number of aryl methyl sites for hydroxylation is 1. The Morgan fingerprint density at radius 3 is 2.59 bits per heavy atom. The summed E-state index contributed by atoms with van der Waals surface area (Å²) in [5.74, 6) is 0.544. The second kappa shape index (κ2) is 6.42. The van der Waals surface area contributed by atoms with Crippen molar-refractivity contribution in [3.63, 3.8) is 0 Å². The number of rotatable bonds is 5. The van der Waals surface area contributed by atoms with Crippen molar-refractivity contribution in [2.24, 2.45) is 0 Å². The van der Waals surface area contributed by atoms with Gasteiger partial charge in [-0.05, 0) is 43.0 Å². The zero-order valence-corrected chi connectivity index (χ0v) is 11.2. The molecule has 92 valence electrons. The smallest absolute Gasteiger partial charge is 0.0622 e. The van der Waals surface area contributed by atoms with Crippen molar-refractivity contribution in [1.82, 2.24) is 5.32 Å². The maximum absolute atomic E-state index is 8.69. The molecule has 0 heterocycles. The molecular formula is C15H22N2. The van der Waals surface area contributed by atoms with Crippen LogP contribution in [-0.4, -0.2) is 7.05 Å². The fourth-order valence-electron chi connectivity index (χ4n) is 2.06. The van der Waals surface area contributed by atoms with Crippen LogP contribution in [0.25, 0.3) is 0 Å². The average molecular weight is 230 g/mol. The second-order valence-corrected chi connectivity index (χ2v) is 4.81. The summed E-state index contributed by atoms with van der Waals surface area (Å²) in [7, 11) is 1.96. The topological polar surface area (TPSA) is 35.8 Å². The Balaban J connectivity index is 3.01. The largest absolute Gasteiger partial charge is 0.313 e. The zero-order chi connectivity index (χ0) is 12.8. The van der Waals surface area contributed by atoms with Gasteiger partial charge in [0.15, 0.2) is 0 Å². The molecule has 0 radical (unpaired) electrons. The number of nitrogens with zero attached hydrogens (tertiary/aromatic N) is 1. The molecule has 0 aliphatic heterocycles. The van der Waals surface area contributed by atoms with Crippen LogP contribution in [0.5, 0.6) is 0 Å². The van der Waals surface area contributed by atoms with Gasteiger partial charge in [-0.3, -0.25) is 0 Å². The van der Waals surface area contributed by atoms with Crippen molar-refractivity contribution in [2.45, 2.75) is 45.6 Å². The fourth-order valence-corrected chi connectivity index (χ4v) is 2.06. The predicted octanol–water partition coefficient (Wildman–Crippen LogP) is 3.68. The Labute approximate surface area is 105 Å². The first-order valence-corrected chi connectivity index (χ1v) is 6.24. The predicted molar refractivity (Wildman–Crippen MR) is 71.9 cm³/mol. The van der Waals surface area contributed by atoms with Crippen LogP contribution >= 0.6 is 0 Å². The number of hydrogen-bond acceptors (Lipinski definition) is 2. The maximum Gasteiger partial charge on any atom is 0.0622 e. The Kier molecular flexibility index (Phi) is 5.18. The normalized spacial score (nSPS) is 12.5. The number of hydrogen-bond donors (Lipinski definition) is 1. The van der Waals surface area contributed by atoms with Gasteiger partial charge in [-0.15, -0.1) is 0 Å². The quantitative estimate of drug-likeness (QED) is 0.837. The SMILES string of the molecule is CNC(CCC#N)c1cc(C(C)C)ccc1C. The summed E-state index contributed by atoms with van der Waals surface area (Å²) in [6, 6.07) is 9.16. The third-order valence-corrected chi connectivity index (χ3v) is 3.24. The van der Waals surface area contributed by atoms with Crippen molar-refractivity contribution >= 4 is 0 Å². The summed E-state index contributed by atoms with van der Waals surface area (Å²) < 4.78 is 0. The van der Waals surface area contributed by atoms with Gasteiger partial charge in [0.2, 0.25) is 0 Å². The third kappa shape index (κ3) is 3.57. The van der Waals surface area contributed by atoms with Crippen molar-refractivity contribution in [2.75, 3.05) is 7.05 Å². The van der Waals surface area contributed by atoms with E-state index in [9.17, 15) is 0 Å². The molecule has 0 aromatic heterocycles. The Bertz CT molecular complexity index is 402. The molecule has 0 saturated carbocycles. The fraction of sp³-hybridized carbons (Fsp3) is 0.533. The van der Waals surface area contributed by atoms with Gasteiger partial charge in [0, 0.05) is 12.5 Å². The molecule has 1 aromatic rings. The molecule has 1 aromatic carbocycles. The highest BCUT2D eigenvalue weighted by Crippen LogP contribution is 2.25. The van der Waals surface area contributed by atoms with E-state index >= 15 is 0 Å². The molecular weight excluding hydrogens is 208 g/mol. The first-order valence-electron chi connectivity index (χ1n) is 6.24. The molecule has 1 N–H and O–H groups in total. The highest BCUT2D eigenvalue weighted by Gasteiger charge is 2.12. The van der Waals surface area contributed by atoms with E-state index in [1.54, 1.807) is 0 Å². The highest BCUT2D eigenvalue weighted by atomic mass is 14.9. The molecule has 1 rings (SSSR count). The van der Waals surface area contributed by atoms with Gasteiger partial charge < -0.3 is 5.32 Å². The van der Waals surface area contributed by atoms with Crippen molar-refractivity contribution in [1.29, 1.82) is 5.26 Å². The Hall–Kier alpha value is -1.33. The summed E-state index contributed by atoms with van der Waals surface area (Å²) in [6.07, 6.45) is 1.46. The van der Waals surface area contributed by atoms with Crippen LogP contribution in [0.15, 0.2) is 18.2 Å². The van der Waals surface area contributed by atoms with Crippen LogP contribution in [0.4, 0.5) is 0 Å². The summed E-state index contributed by atoms with van der Waals surface area (Å²) in [5.41, 5.74) is 3.99. The van der Waals surface area contributed by atoms with E-state index in [0.717, 1.165) is 6.42 Å². The van der Waals surface area contributed by atoms with Crippen LogP contribution in [0.2, 0.25) is 0 Å². The van der Waals surface area contributed by atoms with Crippen LogP contribution in [0.1, 0.15) is 55.3 Å². The summed E-state index contributed by atoms with van der Waals surface area (Å²) in [4.78, 5) is 0. The van der Waals surface area contributed by atoms with Gasteiger partial charge in [-0.1, -0.05) is 32.0 Å². The lowest BCUT2D eigenvalue weighted by atomic mass is 9.92. The number of nitrogens with one attached hydrogen (secondary N) is 1. The van der Waals surface area contributed by atoms with Gasteiger partial charge in [-0.25, -0.2) is 0 Å². The van der Waals surface area contributed by atoms with Gasteiger partial charge >= 0.3 is 0 Å². The first-order chi connectivity index (χ1) is 8.10. The molecule has 0 fully saturated rings. The lowest BCUT2D eigenvalue weighted by Crippen LogP contribution is -2.17. The van der Waals surface area contributed by atoms with Gasteiger partial charge in [-0.2, -0.15) is 5.26 Å². The minimum Gasteiger partial charge on any atom is -0.313 e. The van der Waals surface area contributed by atoms with Gasteiger partial charge in [0.1, 0.15) is 0 Å². The molecule has 1 atom stereocenters. The van der Waals surface area contributed by atoms with Crippen molar-refractivity contribution in [3.8, 4) is 6.07 Å². The standard InChI is InChI=1S/C15H22N2/c1-11(2)13-8-7-12(3)14(10-13)15(17-4)6-5-9-16/h7-8,10-11,15,17H,5-6H2,1-4H3. The third-order valence-electron chi connectivity index (χ3n) is 3.24. The summed E-state index contributed by atoms with van der Waals surface area (Å²) in [6.45, 7) is 6.55. The molecule has 2 heteroatoms. The number of benzene rings is 1. The zero-order valence-electron chi connectivity index (χ0n) is 11.2. The molecule has 0 amide bonds. The lowest BCUT2D eigenvalue weighted by Gasteiger charge is -2.19. The van der Waals surface area contributed by atoms with Crippen LogP contribution in [0, 0.1) is 18.3 Å². The van der Waals surface area contributed by atoms with E-state index in [-0.39, 0.29) is 6.04 Å². The van der Waals surface area contributed by atoms with Crippen LogP contribution < -0.4 is 5.32 Å². The first kappa shape index (κ1) is 13.7. The molecule has 0 spiro atoms. The number of nitriles is 1. The second-order valence-electron chi connectivity index (χ2n) is 4.81.